The zero-order valence-corrected chi connectivity index (χ0v) is 29.6. The molecule has 0 radical (unpaired) electrons. The van der Waals surface area contributed by atoms with Gasteiger partial charge in [-0.05, 0) is 68.4 Å². The largest absolute Gasteiger partial charge is 0.498 e. The second-order valence-electron chi connectivity index (χ2n) is 13.9. The molecule has 1 aromatic heterocycles. The minimum absolute atomic E-state index is 0.0199. The van der Waals surface area contributed by atoms with Crippen LogP contribution in [0.1, 0.15) is 100 Å². The molecule has 9 atom stereocenters. The number of nitrogens with zero attached hydrogens (tertiary/aromatic N) is 1. The van der Waals surface area contributed by atoms with Crippen LogP contribution >= 0.6 is 11.3 Å². The minimum atomic E-state index is -1.26. The fourth-order valence-corrected chi connectivity index (χ4v) is 9.68. The Hall–Kier alpha value is -3.21. The molecule has 0 amide bonds. The van der Waals surface area contributed by atoms with Gasteiger partial charge in [0, 0.05) is 35.1 Å². The molecule has 2 aromatic rings. The number of aliphatic hydroxyl groups is 1. The summed E-state index contributed by atoms with van der Waals surface area (Å²) in [4.78, 5) is 34.1. The van der Waals surface area contributed by atoms with Gasteiger partial charge in [-0.15, -0.1) is 11.3 Å². The Bertz CT molecular complexity index is 1520. The highest BCUT2D eigenvalue weighted by atomic mass is 32.1. The molecule has 6 rings (SSSR count). The van der Waals surface area contributed by atoms with Gasteiger partial charge in [-0.2, -0.15) is 0 Å². The predicted octanol–water partition coefficient (Wildman–Crippen LogP) is 7.24. The second-order valence-corrected chi connectivity index (χ2v) is 14.9. The summed E-state index contributed by atoms with van der Waals surface area (Å²) in [6.45, 7) is 6.48. The molecule has 1 aliphatic heterocycles. The quantitative estimate of drug-likeness (QED) is 0.161. The first-order valence-electron chi connectivity index (χ1n) is 17.6. The van der Waals surface area contributed by atoms with Gasteiger partial charge in [-0.1, -0.05) is 56.7 Å². The number of thiazole rings is 1. The maximum Gasteiger partial charge on any atom is 0.306 e. The smallest absolute Gasteiger partial charge is 0.306 e. The van der Waals surface area contributed by atoms with Crippen molar-refractivity contribution in [2.24, 2.45) is 23.7 Å². The van der Waals surface area contributed by atoms with Crippen LogP contribution in [0.4, 0.5) is 5.13 Å². The SMILES string of the molecule is CC[C@H]1CCCC[C@@H](C)C(=O)C2=CC3C(c4nc(NCc5ccccc5)sc4C4C[C@@H](O[C@H](O)/C(OC)=C(/C)OC)C[C@H]43)[C@@H]2CC(=O)O1. The van der Waals surface area contributed by atoms with E-state index in [1.807, 2.05) is 25.1 Å². The third-order valence-electron chi connectivity index (χ3n) is 11.0. The molecule has 1 saturated heterocycles. The highest BCUT2D eigenvalue weighted by Crippen LogP contribution is 2.62. The normalized spacial score (nSPS) is 31.4. The number of ether oxygens (including phenoxy) is 4. The Labute approximate surface area is 288 Å². The van der Waals surface area contributed by atoms with Crippen molar-refractivity contribution in [1.82, 2.24) is 4.98 Å². The van der Waals surface area contributed by atoms with Crippen molar-refractivity contribution >= 4 is 28.2 Å². The third kappa shape index (κ3) is 7.07. The number of benzene rings is 1. The van der Waals surface area contributed by atoms with Crippen molar-refractivity contribution in [2.45, 2.75) is 109 Å². The molecule has 48 heavy (non-hydrogen) atoms. The van der Waals surface area contributed by atoms with Crippen molar-refractivity contribution in [3.63, 3.8) is 0 Å². The number of carbonyl (C=O) groups is 2. The van der Waals surface area contributed by atoms with Gasteiger partial charge in [0.25, 0.3) is 0 Å². The molecule has 3 aliphatic carbocycles. The third-order valence-corrected chi connectivity index (χ3v) is 12.2. The van der Waals surface area contributed by atoms with Crippen LogP contribution in [0.15, 0.2) is 53.5 Å². The average molecular weight is 679 g/mol. The van der Waals surface area contributed by atoms with Gasteiger partial charge in [0.2, 0.25) is 6.29 Å². The number of hydrogen-bond acceptors (Lipinski definition) is 10. The molecule has 4 aliphatic rings. The highest BCUT2D eigenvalue weighted by Gasteiger charge is 2.56. The summed E-state index contributed by atoms with van der Waals surface area (Å²) in [7, 11) is 3.03. The van der Waals surface area contributed by atoms with E-state index in [-0.39, 0.29) is 71.6 Å². The first-order chi connectivity index (χ1) is 23.2. The Morgan fingerprint density at radius 1 is 1.10 bits per heavy atom. The van der Waals surface area contributed by atoms with Crippen LogP contribution in [-0.2, 0) is 35.1 Å². The topological polar surface area (TPSA) is 116 Å². The van der Waals surface area contributed by atoms with Crippen LogP contribution in [0, 0.1) is 23.7 Å². The van der Waals surface area contributed by atoms with E-state index in [2.05, 4.69) is 30.4 Å². The van der Waals surface area contributed by atoms with E-state index in [0.29, 0.717) is 25.1 Å². The molecule has 2 N–H and O–H groups in total. The number of cyclic esters (lactones) is 1. The fourth-order valence-electron chi connectivity index (χ4n) is 8.48. The lowest BCUT2D eigenvalue weighted by molar-refractivity contribution is -0.150. The number of Topliss-reactive ketones (excluding diaryl/α,β-unsaturated/α-hetero) is 1. The van der Waals surface area contributed by atoms with E-state index >= 15 is 0 Å². The van der Waals surface area contributed by atoms with Gasteiger partial charge in [0.1, 0.15) is 11.9 Å². The number of hydrogen-bond donors (Lipinski definition) is 2. The van der Waals surface area contributed by atoms with E-state index in [0.717, 1.165) is 54.1 Å². The van der Waals surface area contributed by atoms with Crippen LogP contribution < -0.4 is 5.32 Å². The standard InChI is InChI=1S/C38H50N2O7S/c1-6-24-15-11-10-12-21(2)34(42)29-18-27-26-16-25(47-37(43)35(45-5)22(3)44-4)17-30(26)36-33(32(27)28(29)19-31(41)46-24)40-38(48-36)39-20-23-13-8-7-9-14-23/h7-9,13-14,18,21,24-28,30,32,37,43H,6,10-12,15-17,19-20H2,1-5H3,(H,39,40)/b35-22+/t21-,24+,25+,26+,27?,28-,30?,32?,37+/m1/s1. The number of nitrogens with one attached hydrogen (secondary N) is 1. The Kier molecular flexibility index (Phi) is 10.9. The zero-order chi connectivity index (χ0) is 33.9. The lowest BCUT2D eigenvalue weighted by Gasteiger charge is -2.37. The van der Waals surface area contributed by atoms with Gasteiger partial charge >= 0.3 is 5.97 Å². The van der Waals surface area contributed by atoms with Gasteiger partial charge in [-0.3, -0.25) is 9.59 Å². The van der Waals surface area contributed by atoms with Crippen molar-refractivity contribution in [3.05, 3.63) is 69.6 Å². The number of anilines is 1. The summed E-state index contributed by atoms with van der Waals surface area (Å²) in [5.41, 5.74) is 2.92. The molecule has 0 spiro atoms. The molecule has 0 bridgehead atoms. The van der Waals surface area contributed by atoms with Gasteiger partial charge in [-0.25, -0.2) is 4.98 Å². The molecule has 2 fully saturated rings. The number of aliphatic hydroxyl groups excluding tert-OH is 1. The second kappa shape index (κ2) is 15.1. The van der Waals surface area contributed by atoms with E-state index in [1.165, 1.54) is 19.1 Å². The van der Waals surface area contributed by atoms with E-state index < -0.39 is 6.29 Å². The van der Waals surface area contributed by atoms with Gasteiger partial charge in [0.15, 0.2) is 16.7 Å². The molecular formula is C38H50N2O7S. The number of carbonyl (C=O) groups excluding carboxylic acids is 2. The number of aromatic nitrogens is 1. The van der Waals surface area contributed by atoms with Gasteiger partial charge < -0.3 is 29.4 Å². The number of allylic oxidation sites excluding steroid dienone is 3. The Morgan fingerprint density at radius 3 is 2.60 bits per heavy atom. The van der Waals surface area contributed by atoms with Crippen molar-refractivity contribution in [3.8, 4) is 0 Å². The van der Waals surface area contributed by atoms with E-state index in [1.54, 1.807) is 18.3 Å². The number of fused-ring (bicyclic) bond motifs is 8. The summed E-state index contributed by atoms with van der Waals surface area (Å²) in [6.07, 6.45) is 6.49. The molecule has 2 heterocycles. The Balaban J connectivity index is 1.36. The first kappa shape index (κ1) is 34.6. The summed E-state index contributed by atoms with van der Waals surface area (Å²) >= 11 is 1.67. The lowest BCUT2D eigenvalue weighted by atomic mass is 9.67. The summed E-state index contributed by atoms with van der Waals surface area (Å²) < 4.78 is 23.0. The zero-order valence-electron chi connectivity index (χ0n) is 28.8. The number of ketones is 1. The maximum atomic E-state index is 14.2. The Morgan fingerprint density at radius 2 is 1.88 bits per heavy atom. The summed E-state index contributed by atoms with van der Waals surface area (Å²) in [5.74, 6) is 0.437. The predicted molar refractivity (Wildman–Crippen MR) is 184 cm³/mol. The maximum absolute atomic E-state index is 14.2. The fraction of sp³-hybridized carbons (Fsp3) is 0.605. The monoisotopic (exact) mass is 678 g/mol. The number of esters is 1. The van der Waals surface area contributed by atoms with Crippen LogP contribution in [0.5, 0.6) is 0 Å². The van der Waals surface area contributed by atoms with Crippen molar-refractivity contribution in [2.75, 3.05) is 19.5 Å². The number of methoxy groups -OCH3 is 2. The van der Waals surface area contributed by atoms with Crippen LogP contribution in [0.2, 0.25) is 0 Å². The van der Waals surface area contributed by atoms with E-state index in [9.17, 15) is 14.7 Å². The number of rotatable bonds is 9. The summed E-state index contributed by atoms with van der Waals surface area (Å²) in [6, 6.07) is 10.2. The molecule has 9 nitrogen and oxygen atoms in total. The minimum Gasteiger partial charge on any atom is -0.498 e. The molecule has 1 saturated carbocycles. The molecule has 260 valence electrons. The van der Waals surface area contributed by atoms with Gasteiger partial charge in [0.05, 0.1) is 32.4 Å². The highest BCUT2D eigenvalue weighted by molar-refractivity contribution is 7.15. The van der Waals surface area contributed by atoms with Crippen molar-refractivity contribution < 1.29 is 33.6 Å². The van der Waals surface area contributed by atoms with Crippen LogP contribution in [-0.4, -0.2) is 54.6 Å². The lowest BCUT2D eigenvalue weighted by Crippen LogP contribution is -2.32. The molecule has 1 aromatic carbocycles. The molecule has 3 unspecified atom stereocenters. The van der Waals surface area contributed by atoms with Crippen LogP contribution in [0.3, 0.4) is 0 Å². The average Bonchev–Trinajstić information content (AvgIpc) is 3.80. The van der Waals surface area contributed by atoms with E-state index in [4.69, 9.17) is 23.9 Å². The summed E-state index contributed by atoms with van der Waals surface area (Å²) in [5, 5.41) is 15.4. The van der Waals surface area contributed by atoms with Crippen LogP contribution in [0.25, 0.3) is 0 Å². The molecular weight excluding hydrogens is 628 g/mol. The first-order valence-corrected chi connectivity index (χ1v) is 18.4. The molecule has 10 heteroatoms. The van der Waals surface area contributed by atoms with Crippen molar-refractivity contribution in [1.29, 1.82) is 0 Å².